The van der Waals surface area contributed by atoms with Gasteiger partial charge >= 0.3 is 11.9 Å². The first-order chi connectivity index (χ1) is 15.4. The lowest BCUT2D eigenvalue weighted by molar-refractivity contribution is -0.143. The van der Waals surface area contributed by atoms with Crippen molar-refractivity contribution in [2.45, 2.75) is 62.7 Å². The lowest BCUT2D eigenvalue weighted by Gasteiger charge is -2.24. The molecule has 0 radical (unpaired) electrons. The van der Waals surface area contributed by atoms with Crippen LogP contribution in [0.2, 0.25) is 0 Å². The number of carboxylic acids is 2. The molecule has 188 valence electrons. The Kier molecular flexibility index (Phi) is 13.9. The number of carboxylic acid groups (broad SMARTS) is 2. The quantitative estimate of drug-likeness (QED) is 0.0905. The fourth-order valence-corrected chi connectivity index (χ4v) is 2.61. The third kappa shape index (κ3) is 12.4. The first-order valence-electron chi connectivity index (χ1n) is 10.1. The Morgan fingerprint density at radius 1 is 0.788 bits per heavy atom. The van der Waals surface area contributed by atoms with Crippen LogP contribution < -0.4 is 33.2 Å². The predicted molar refractivity (Wildman–Crippen MR) is 112 cm³/mol. The van der Waals surface area contributed by atoms with E-state index in [0.717, 1.165) is 0 Å². The number of hydrogen-bond donors (Lipinski definition) is 9. The van der Waals surface area contributed by atoms with Crippen molar-refractivity contribution in [1.82, 2.24) is 16.0 Å². The summed E-state index contributed by atoms with van der Waals surface area (Å²) < 4.78 is 0. The highest BCUT2D eigenvalue weighted by Crippen LogP contribution is 2.05. The molecule has 0 saturated carbocycles. The monoisotopic (exact) mass is 476 g/mol. The average molecular weight is 476 g/mol. The maximum Gasteiger partial charge on any atom is 0.328 e. The molecule has 0 bridgehead atoms. The molecule has 0 heterocycles. The van der Waals surface area contributed by atoms with Gasteiger partial charge in [0.05, 0.1) is 19.1 Å². The zero-order chi connectivity index (χ0) is 25.6. The molecule has 0 aliphatic heterocycles. The summed E-state index contributed by atoms with van der Waals surface area (Å²) in [5.41, 5.74) is 16.0. The summed E-state index contributed by atoms with van der Waals surface area (Å²) in [7, 11) is 0. The lowest BCUT2D eigenvalue weighted by Crippen LogP contribution is -2.57. The Hall–Kier alpha value is -3.30. The van der Waals surface area contributed by atoms with Crippen molar-refractivity contribution >= 4 is 35.6 Å². The van der Waals surface area contributed by atoms with E-state index < -0.39 is 72.8 Å². The van der Waals surface area contributed by atoms with E-state index in [4.69, 9.17) is 32.5 Å². The molecule has 0 aromatic heterocycles. The van der Waals surface area contributed by atoms with Crippen molar-refractivity contribution in [3.8, 4) is 0 Å². The summed E-state index contributed by atoms with van der Waals surface area (Å²) in [4.78, 5) is 70.4. The molecular weight excluding hydrogens is 444 g/mol. The third-order valence-corrected chi connectivity index (χ3v) is 4.42. The van der Waals surface area contributed by atoms with Crippen LogP contribution in [0.5, 0.6) is 0 Å². The van der Waals surface area contributed by atoms with Gasteiger partial charge in [-0.25, -0.2) is 4.79 Å². The number of rotatable bonds is 17. The summed E-state index contributed by atoms with van der Waals surface area (Å²) in [5, 5.41) is 33.5. The van der Waals surface area contributed by atoms with Gasteiger partial charge in [0, 0.05) is 6.42 Å². The fraction of sp³-hybridized carbons (Fsp3) is 0.667. The number of nitrogens with two attached hydrogens (primary N) is 3. The van der Waals surface area contributed by atoms with Gasteiger partial charge in [0.25, 0.3) is 0 Å². The third-order valence-electron chi connectivity index (χ3n) is 4.42. The van der Waals surface area contributed by atoms with E-state index in [1.807, 2.05) is 0 Å². The van der Waals surface area contributed by atoms with Gasteiger partial charge in [0.1, 0.15) is 18.1 Å². The zero-order valence-electron chi connectivity index (χ0n) is 18.0. The van der Waals surface area contributed by atoms with Crippen LogP contribution in [0.1, 0.15) is 38.5 Å². The second kappa shape index (κ2) is 15.5. The Bertz CT molecular complexity index is 718. The van der Waals surface area contributed by atoms with E-state index in [1.165, 1.54) is 0 Å². The summed E-state index contributed by atoms with van der Waals surface area (Å²) in [6, 6.07) is -5.72. The molecule has 0 aliphatic rings. The number of aliphatic hydroxyl groups excluding tert-OH is 1. The number of hydrogen-bond acceptors (Lipinski definition) is 9. The molecule has 0 spiro atoms. The first-order valence-corrected chi connectivity index (χ1v) is 10.1. The highest BCUT2D eigenvalue weighted by atomic mass is 16.4. The number of carbonyl (C=O) groups excluding carboxylic acids is 4. The van der Waals surface area contributed by atoms with Gasteiger partial charge < -0.3 is 48.5 Å². The van der Waals surface area contributed by atoms with Crippen molar-refractivity contribution in [2.24, 2.45) is 17.2 Å². The van der Waals surface area contributed by atoms with E-state index in [1.54, 1.807) is 0 Å². The molecule has 12 N–H and O–H groups in total. The maximum atomic E-state index is 12.8. The van der Waals surface area contributed by atoms with Crippen molar-refractivity contribution in [3.05, 3.63) is 0 Å². The van der Waals surface area contributed by atoms with Crippen LogP contribution in [-0.4, -0.2) is 88.2 Å². The largest absolute Gasteiger partial charge is 0.481 e. The number of primary amides is 1. The highest BCUT2D eigenvalue weighted by Gasteiger charge is 2.30. The van der Waals surface area contributed by atoms with E-state index in [2.05, 4.69) is 16.0 Å². The van der Waals surface area contributed by atoms with Crippen molar-refractivity contribution < 1.29 is 44.1 Å². The minimum atomic E-state index is -1.61. The van der Waals surface area contributed by atoms with Crippen LogP contribution in [0.25, 0.3) is 0 Å². The Labute approximate surface area is 189 Å². The molecule has 0 rings (SSSR count). The molecular formula is C18H32N6O9. The minimum absolute atomic E-state index is 0.0571. The summed E-state index contributed by atoms with van der Waals surface area (Å²) in [6.45, 7) is -0.585. The minimum Gasteiger partial charge on any atom is -0.481 e. The van der Waals surface area contributed by atoms with E-state index in [0.29, 0.717) is 19.4 Å². The van der Waals surface area contributed by atoms with Crippen molar-refractivity contribution in [2.75, 3.05) is 13.2 Å². The Morgan fingerprint density at radius 3 is 1.76 bits per heavy atom. The Balaban J connectivity index is 5.49. The molecule has 0 fully saturated rings. The van der Waals surface area contributed by atoms with Gasteiger partial charge in [-0.3, -0.25) is 24.0 Å². The first kappa shape index (κ1) is 29.7. The lowest BCUT2D eigenvalue weighted by atomic mass is 10.0. The standard InChI is InChI=1S/C18H32N6O9/c19-6-2-1-3-10(16(30)24-12(8-25)18(32)33)23-17(31)11(4-5-13(21)26)22-15(29)9(20)7-14(27)28/h9-12,25H,1-8,19-20H2,(H2,21,26)(H,22,29)(H,23,31)(H,24,30)(H,27,28)(H,32,33). The van der Waals surface area contributed by atoms with E-state index in [-0.39, 0.29) is 19.3 Å². The summed E-state index contributed by atoms with van der Waals surface area (Å²) in [5.74, 6) is -6.39. The van der Waals surface area contributed by atoms with Crippen LogP contribution >= 0.6 is 0 Å². The number of amides is 4. The van der Waals surface area contributed by atoms with Crippen LogP contribution in [0.4, 0.5) is 0 Å². The topological polar surface area (TPSA) is 277 Å². The molecule has 0 aliphatic carbocycles. The van der Waals surface area contributed by atoms with Gasteiger partial charge in [0.2, 0.25) is 23.6 Å². The molecule has 15 heteroatoms. The number of aliphatic carboxylic acids is 2. The zero-order valence-corrected chi connectivity index (χ0v) is 18.0. The van der Waals surface area contributed by atoms with Gasteiger partial charge in [-0.15, -0.1) is 0 Å². The molecule has 0 aromatic rings. The SMILES string of the molecule is NCCCCC(NC(=O)C(CCC(N)=O)NC(=O)C(N)CC(=O)O)C(=O)NC(CO)C(=O)O. The van der Waals surface area contributed by atoms with Crippen LogP contribution in [0.15, 0.2) is 0 Å². The normalized spacial score (nSPS) is 14.3. The second-order valence-corrected chi connectivity index (χ2v) is 7.20. The van der Waals surface area contributed by atoms with Crippen LogP contribution in [-0.2, 0) is 28.8 Å². The molecule has 15 nitrogen and oxygen atoms in total. The number of carbonyl (C=O) groups is 6. The van der Waals surface area contributed by atoms with Crippen LogP contribution in [0, 0.1) is 0 Å². The van der Waals surface area contributed by atoms with E-state index in [9.17, 15) is 28.8 Å². The smallest absolute Gasteiger partial charge is 0.328 e. The predicted octanol–water partition coefficient (Wildman–Crippen LogP) is -4.29. The Morgan fingerprint density at radius 2 is 1.30 bits per heavy atom. The summed E-state index contributed by atoms with van der Waals surface area (Å²) in [6.07, 6.45) is -0.360. The summed E-state index contributed by atoms with van der Waals surface area (Å²) >= 11 is 0. The average Bonchev–Trinajstić information content (AvgIpc) is 2.72. The van der Waals surface area contributed by atoms with Crippen molar-refractivity contribution in [3.63, 3.8) is 0 Å². The maximum absolute atomic E-state index is 12.8. The van der Waals surface area contributed by atoms with Crippen LogP contribution in [0.3, 0.4) is 0 Å². The van der Waals surface area contributed by atoms with Crippen molar-refractivity contribution in [1.29, 1.82) is 0 Å². The molecule has 33 heavy (non-hydrogen) atoms. The number of nitrogens with one attached hydrogen (secondary N) is 3. The molecule has 4 amide bonds. The van der Waals surface area contributed by atoms with Gasteiger partial charge in [-0.05, 0) is 32.2 Å². The molecule has 0 aromatic carbocycles. The molecule has 4 atom stereocenters. The fourth-order valence-electron chi connectivity index (χ4n) is 2.61. The molecule has 4 unspecified atom stereocenters. The highest BCUT2D eigenvalue weighted by molar-refractivity contribution is 5.95. The van der Waals surface area contributed by atoms with E-state index >= 15 is 0 Å². The number of aliphatic hydroxyl groups is 1. The van der Waals surface area contributed by atoms with Gasteiger partial charge in [-0.2, -0.15) is 0 Å². The number of unbranched alkanes of at least 4 members (excludes halogenated alkanes) is 1. The van der Waals surface area contributed by atoms with Gasteiger partial charge in [-0.1, -0.05) is 0 Å². The van der Waals surface area contributed by atoms with Gasteiger partial charge in [0.15, 0.2) is 0 Å². The second-order valence-electron chi connectivity index (χ2n) is 7.20. The molecule has 0 saturated heterocycles.